The quantitative estimate of drug-likeness (QED) is 0.667. The molecule has 3 atom stereocenters. The molecule has 2 aliphatic heterocycles. The maximum atomic E-state index is 14.0. The molecule has 0 aromatic heterocycles. The Balaban J connectivity index is 1.41. The number of carbonyl (C=O) groups is 2. The molecule has 8 heteroatoms. The summed E-state index contributed by atoms with van der Waals surface area (Å²) in [6.45, 7) is 3.46. The maximum absolute atomic E-state index is 14.0. The van der Waals surface area contributed by atoms with E-state index in [1.807, 2.05) is 25.1 Å². The van der Waals surface area contributed by atoms with Crippen LogP contribution in [0.1, 0.15) is 29.5 Å². The van der Waals surface area contributed by atoms with Gasteiger partial charge in [-0.3, -0.25) is 9.59 Å². The molecule has 33 heavy (non-hydrogen) atoms. The number of nitrogens with one attached hydrogen (secondary N) is 1. The molecule has 0 radical (unpaired) electrons. The first-order valence-electron chi connectivity index (χ1n) is 11.2. The number of nitrogens with zero attached hydrogens (tertiary/aromatic N) is 1. The van der Waals surface area contributed by atoms with E-state index in [1.54, 1.807) is 18.2 Å². The van der Waals surface area contributed by atoms with Crippen molar-refractivity contribution >= 4 is 11.8 Å². The summed E-state index contributed by atoms with van der Waals surface area (Å²) in [7, 11) is 0. The zero-order chi connectivity index (χ0) is 23.4. The van der Waals surface area contributed by atoms with Gasteiger partial charge in [-0.15, -0.1) is 0 Å². The smallest absolute Gasteiger partial charge is 0.243 e. The van der Waals surface area contributed by atoms with Crippen molar-refractivity contribution in [3.05, 3.63) is 65.0 Å². The van der Waals surface area contributed by atoms with Gasteiger partial charge in [0.2, 0.25) is 11.8 Å². The zero-order valence-electron chi connectivity index (χ0n) is 18.6. The van der Waals surface area contributed by atoms with Crippen LogP contribution in [0.15, 0.2) is 42.5 Å². The second kappa shape index (κ2) is 10.3. The molecule has 2 aromatic rings. The monoisotopic (exact) mass is 456 g/mol. The van der Waals surface area contributed by atoms with Gasteiger partial charge in [0.15, 0.2) is 0 Å². The highest BCUT2D eigenvalue weighted by Crippen LogP contribution is 2.25. The largest absolute Gasteiger partial charge is 0.488 e. The third-order valence-corrected chi connectivity index (χ3v) is 6.06. The molecule has 176 valence electrons. The predicted octanol–water partition coefficient (Wildman–Crippen LogP) is 2.12. The van der Waals surface area contributed by atoms with Crippen LogP contribution in [0.4, 0.5) is 4.39 Å². The highest BCUT2D eigenvalue weighted by Gasteiger charge is 2.38. The van der Waals surface area contributed by atoms with E-state index < -0.39 is 23.9 Å². The van der Waals surface area contributed by atoms with E-state index in [0.717, 1.165) is 17.5 Å². The van der Waals surface area contributed by atoms with Crippen LogP contribution in [0.2, 0.25) is 0 Å². The molecule has 2 saturated heterocycles. The molecule has 0 aliphatic carbocycles. The van der Waals surface area contributed by atoms with Gasteiger partial charge in [0, 0.05) is 31.5 Å². The van der Waals surface area contributed by atoms with E-state index >= 15 is 0 Å². The molecule has 2 N–H and O–H groups in total. The van der Waals surface area contributed by atoms with E-state index in [1.165, 1.54) is 11.0 Å². The van der Waals surface area contributed by atoms with Crippen LogP contribution in [0, 0.1) is 12.7 Å². The Labute approximate surface area is 192 Å². The van der Waals surface area contributed by atoms with Crippen LogP contribution in [0.25, 0.3) is 0 Å². The normalized spacial score (nSPS) is 22.4. The zero-order valence-corrected chi connectivity index (χ0v) is 18.6. The SMILES string of the molecule is Cc1ccc(CNC(=O)C2CC(O)CN2C(=O)Cc2ccccc2F)c(OC2CCOC2)c1. The van der Waals surface area contributed by atoms with Crippen molar-refractivity contribution in [2.24, 2.45) is 0 Å². The molecular weight excluding hydrogens is 427 g/mol. The lowest BCUT2D eigenvalue weighted by Crippen LogP contribution is -2.46. The van der Waals surface area contributed by atoms with E-state index in [2.05, 4.69) is 5.32 Å². The van der Waals surface area contributed by atoms with Crippen molar-refractivity contribution < 1.29 is 28.6 Å². The van der Waals surface area contributed by atoms with Crippen molar-refractivity contribution in [3.63, 3.8) is 0 Å². The molecule has 2 aromatic carbocycles. The minimum atomic E-state index is -0.808. The molecule has 3 unspecified atom stereocenters. The fourth-order valence-corrected chi connectivity index (χ4v) is 4.25. The van der Waals surface area contributed by atoms with Gasteiger partial charge >= 0.3 is 0 Å². The first-order chi connectivity index (χ1) is 15.9. The van der Waals surface area contributed by atoms with Crippen molar-refractivity contribution in [3.8, 4) is 5.75 Å². The van der Waals surface area contributed by atoms with Crippen LogP contribution in [0.3, 0.4) is 0 Å². The second-order valence-electron chi connectivity index (χ2n) is 8.65. The average Bonchev–Trinajstić information content (AvgIpc) is 3.44. The summed E-state index contributed by atoms with van der Waals surface area (Å²) in [5.74, 6) is -0.516. The molecule has 0 spiro atoms. The summed E-state index contributed by atoms with van der Waals surface area (Å²) >= 11 is 0. The van der Waals surface area contributed by atoms with Crippen molar-refractivity contribution in [1.29, 1.82) is 0 Å². The lowest BCUT2D eigenvalue weighted by atomic mass is 10.1. The first kappa shape index (κ1) is 23.2. The number of aryl methyl sites for hydroxylation is 1. The van der Waals surface area contributed by atoms with E-state index in [-0.39, 0.29) is 43.5 Å². The van der Waals surface area contributed by atoms with E-state index in [4.69, 9.17) is 9.47 Å². The number of ether oxygens (including phenoxy) is 2. The number of carbonyl (C=O) groups excluding carboxylic acids is 2. The Kier molecular flexibility index (Phi) is 7.25. The summed E-state index contributed by atoms with van der Waals surface area (Å²) in [5, 5.41) is 13.0. The minimum Gasteiger partial charge on any atom is -0.488 e. The molecular formula is C25H29FN2O5. The van der Waals surface area contributed by atoms with Crippen LogP contribution >= 0.6 is 0 Å². The van der Waals surface area contributed by atoms with E-state index in [0.29, 0.717) is 19.0 Å². The molecule has 2 fully saturated rings. The number of benzene rings is 2. The number of rotatable bonds is 7. The number of hydrogen-bond acceptors (Lipinski definition) is 5. The van der Waals surface area contributed by atoms with Crippen LogP contribution in [0.5, 0.6) is 5.75 Å². The van der Waals surface area contributed by atoms with Crippen molar-refractivity contribution in [2.75, 3.05) is 19.8 Å². The molecule has 0 bridgehead atoms. The molecule has 2 aliphatic rings. The predicted molar refractivity (Wildman–Crippen MR) is 119 cm³/mol. The number of β-amino-alcohol motifs (C(OH)–C–C–N with tert-alkyl or cyclic N) is 1. The standard InChI is InChI=1S/C25H29FN2O5/c1-16-6-7-18(23(10-16)33-20-8-9-32-15-20)13-27-25(31)22-12-19(29)14-28(22)24(30)11-17-4-2-3-5-21(17)26/h2-7,10,19-20,22,29H,8-9,11-15H2,1H3,(H,27,31). The van der Waals surface area contributed by atoms with E-state index in [9.17, 15) is 19.1 Å². The number of likely N-dealkylation sites (tertiary alicyclic amines) is 1. The number of halogens is 1. The summed E-state index contributed by atoms with van der Waals surface area (Å²) in [5.41, 5.74) is 2.13. The Morgan fingerprint density at radius 2 is 2.06 bits per heavy atom. The Morgan fingerprint density at radius 1 is 1.24 bits per heavy atom. The maximum Gasteiger partial charge on any atom is 0.243 e. The fourth-order valence-electron chi connectivity index (χ4n) is 4.25. The molecule has 0 saturated carbocycles. The first-order valence-corrected chi connectivity index (χ1v) is 11.2. The second-order valence-corrected chi connectivity index (χ2v) is 8.65. The van der Waals surface area contributed by atoms with Gasteiger partial charge in [-0.25, -0.2) is 4.39 Å². The number of aliphatic hydroxyl groups is 1. The Morgan fingerprint density at radius 3 is 2.82 bits per heavy atom. The van der Waals surface area contributed by atoms with Crippen molar-refractivity contribution in [1.82, 2.24) is 10.2 Å². The molecule has 4 rings (SSSR count). The highest BCUT2D eigenvalue weighted by atomic mass is 19.1. The summed E-state index contributed by atoms with van der Waals surface area (Å²) in [6.07, 6.45) is -0.0175. The molecule has 2 amide bonds. The van der Waals surface area contributed by atoms with Gasteiger partial charge in [0.25, 0.3) is 0 Å². The lowest BCUT2D eigenvalue weighted by molar-refractivity contribution is -0.138. The lowest BCUT2D eigenvalue weighted by Gasteiger charge is -2.24. The molecule has 2 heterocycles. The van der Waals surface area contributed by atoms with Crippen molar-refractivity contribution in [2.45, 2.75) is 51.0 Å². The number of hydrogen-bond donors (Lipinski definition) is 2. The summed E-state index contributed by atoms with van der Waals surface area (Å²) < 4.78 is 25.4. The topological polar surface area (TPSA) is 88.1 Å². The summed E-state index contributed by atoms with van der Waals surface area (Å²) in [6, 6.07) is 11.0. The van der Waals surface area contributed by atoms with Gasteiger partial charge in [0.1, 0.15) is 23.7 Å². The van der Waals surface area contributed by atoms with Gasteiger partial charge < -0.3 is 24.8 Å². The van der Waals surface area contributed by atoms with Crippen LogP contribution in [-0.4, -0.2) is 59.8 Å². The fraction of sp³-hybridized carbons (Fsp3) is 0.440. The minimum absolute atomic E-state index is 0.0160. The van der Waals surface area contributed by atoms with Gasteiger partial charge in [0.05, 0.1) is 25.7 Å². The van der Waals surface area contributed by atoms with Crippen LogP contribution in [-0.2, 0) is 27.3 Å². The Hall–Kier alpha value is -2.97. The highest BCUT2D eigenvalue weighted by molar-refractivity contribution is 5.89. The third kappa shape index (κ3) is 5.69. The third-order valence-electron chi connectivity index (χ3n) is 6.06. The van der Waals surface area contributed by atoms with Gasteiger partial charge in [-0.2, -0.15) is 0 Å². The summed E-state index contributed by atoms with van der Waals surface area (Å²) in [4.78, 5) is 27.1. The number of aliphatic hydroxyl groups excluding tert-OH is 1. The Bertz CT molecular complexity index is 1010. The van der Waals surface area contributed by atoms with Gasteiger partial charge in [-0.05, 0) is 30.2 Å². The average molecular weight is 457 g/mol. The molecule has 7 nitrogen and oxygen atoms in total. The van der Waals surface area contributed by atoms with Crippen LogP contribution < -0.4 is 10.1 Å². The van der Waals surface area contributed by atoms with Gasteiger partial charge in [-0.1, -0.05) is 30.3 Å². The number of amides is 2.